The van der Waals surface area contributed by atoms with Crippen LogP contribution in [-0.2, 0) is 67.3 Å². The fraction of sp³-hybridized carbons (Fsp3) is 0.288. The minimum Gasteiger partial charge on any atom is -0.462 e. The normalized spacial score (nSPS) is 11.2. The Bertz CT molecular complexity index is 2790. The third-order valence-corrected chi connectivity index (χ3v) is 11.0. The molecular weight excluding hydrogens is 969 g/mol. The molecule has 0 atom stereocenters. The zero-order valence-corrected chi connectivity index (χ0v) is 43.5. The van der Waals surface area contributed by atoms with Crippen LogP contribution in [0.3, 0.4) is 0 Å². The predicted octanol–water partition coefficient (Wildman–Crippen LogP) is 8.35. The van der Waals surface area contributed by atoms with Crippen LogP contribution < -0.4 is 14.7 Å². The molecule has 0 heterocycles. The Morgan fingerprint density at radius 3 is 0.987 bits per heavy atom. The Labute approximate surface area is 444 Å². The summed E-state index contributed by atoms with van der Waals surface area (Å²) in [6.45, 7) is 17.2. The van der Waals surface area contributed by atoms with E-state index < -0.39 is 29.8 Å². The number of anilines is 3. The molecule has 0 amide bonds. The monoisotopic (exact) mass is 1030 g/mol. The van der Waals surface area contributed by atoms with Gasteiger partial charge in [0.1, 0.15) is 48.1 Å². The van der Waals surface area contributed by atoms with Crippen LogP contribution in [0.2, 0.25) is 0 Å². The first kappa shape index (κ1) is 59.3. The van der Waals surface area contributed by atoms with Crippen molar-refractivity contribution in [2.24, 2.45) is 0 Å². The molecule has 0 unspecified atom stereocenters. The van der Waals surface area contributed by atoms with Crippen LogP contribution in [0.25, 0.3) is 18.2 Å². The average molecular weight is 1030 g/mol. The summed E-state index contributed by atoms with van der Waals surface area (Å²) in [5.74, 6) is -3.30. The van der Waals surface area contributed by atoms with Crippen molar-refractivity contribution in [2.45, 2.75) is 54.3 Å². The van der Waals surface area contributed by atoms with Crippen LogP contribution in [0.1, 0.15) is 68.0 Å². The maximum atomic E-state index is 12.5. The molecule has 4 rings (SSSR count). The molecule has 0 aromatic heterocycles. The second-order valence-electron chi connectivity index (χ2n) is 16.9. The maximum absolute atomic E-state index is 12.5. The summed E-state index contributed by atoms with van der Waals surface area (Å²) in [6, 6.07) is 33.2. The van der Waals surface area contributed by atoms with Crippen LogP contribution in [0.4, 0.5) is 17.1 Å². The highest BCUT2D eigenvalue weighted by atomic mass is 16.5. The molecule has 0 spiro atoms. The van der Waals surface area contributed by atoms with Gasteiger partial charge < -0.3 is 43.5 Å². The lowest BCUT2D eigenvalue weighted by atomic mass is 10.0. The smallest absolute Gasteiger partial charge is 0.348 e. The van der Waals surface area contributed by atoms with Gasteiger partial charge in [0.05, 0.1) is 39.5 Å². The summed E-state index contributed by atoms with van der Waals surface area (Å²) in [7, 11) is 0. The zero-order valence-electron chi connectivity index (χ0n) is 43.5. The molecule has 0 aliphatic heterocycles. The molecule has 17 heteroatoms. The molecule has 0 aliphatic carbocycles. The first-order valence-corrected chi connectivity index (χ1v) is 24.4. The molecule has 0 bridgehead atoms. The van der Waals surface area contributed by atoms with Crippen LogP contribution >= 0.6 is 0 Å². The van der Waals surface area contributed by atoms with Gasteiger partial charge in [-0.25, -0.2) is 24.0 Å². The average Bonchev–Trinajstić information content (AvgIpc) is 3.40. The number of nitrogens with zero attached hydrogens (tertiary/aromatic N) is 6. The maximum Gasteiger partial charge on any atom is 0.348 e. The number of benzene rings is 4. The summed E-state index contributed by atoms with van der Waals surface area (Å²) in [6.07, 6.45) is 4.32. The molecule has 76 heavy (non-hydrogen) atoms. The van der Waals surface area contributed by atoms with E-state index in [2.05, 4.69) is 13.2 Å². The molecule has 0 aliphatic rings. The van der Waals surface area contributed by atoms with E-state index in [0.717, 1.165) is 33.8 Å². The number of hydrogen-bond acceptors (Lipinski definition) is 17. The van der Waals surface area contributed by atoms with Gasteiger partial charge in [0.15, 0.2) is 0 Å². The number of ether oxygens (including phenoxy) is 5. The molecule has 0 saturated carbocycles. The van der Waals surface area contributed by atoms with Gasteiger partial charge in [-0.2, -0.15) is 15.8 Å². The number of carbonyl (C=O) groups excluding carboxylic acids is 5. The van der Waals surface area contributed by atoms with E-state index in [9.17, 15) is 44.9 Å². The largest absolute Gasteiger partial charge is 0.462 e. The highest BCUT2D eigenvalue weighted by molar-refractivity contribution is 5.99. The van der Waals surface area contributed by atoms with Crippen LogP contribution in [0.5, 0.6) is 0 Å². The standard InChI is InChI=1S/C59H62N6O11/c1-8-72-57(69)49(35-60)32-43-11-17-52(18-12-43)63(23-26-66)38-46-29-47(39-64(24-27-75-55(67)41(4)5)53-19-13-44(14-20-53)33-50(36-61)58(70)73-9-2)31-48(30-46)40-65(25-28-76-56(68)42(6)7)54-21-15-45(16-22-54)34-51(37-62)59(71)74-10-3/h11-22,29-34,66H,4,6,8-10,23-28,38-40H2,1-3,5,7H3/b49-32-,50-33-,51-34-. The van der Waals surface area contributed by atoms with Gasteiger partial charge in [0, 0.05) is 54.4 Å². The number of carbonyl (C=O) groups is 5. The Balaban J connectivity index is 1.86. The number of hydrogen-bond donors (Lipinski definition) is 1. The number of nitriles is 3. The second-order valence-corrected chi connectivity index (χ2v) is 16.9. The highest BCUT2D eigenvalue weighted by Crippen LogP contribution is 2.27. The highest BCUT2D eigenvalue weighted by Gasteiger charge is 2.18. The van der Waals surface area contributed by atoms with Crippen molar-refractivity contribution in [3.63, 3.8) is 0 Å². The van der Waals surface area contributed by atoms with Gasteiger partial charge in [-0.15, -0.1) is 0 Å². The summed E-state index contributed by atoms with van der Waals surface area (Å²) in [4.78, 5) is 68.2. The molecule has 1 N–H and O–H groups in total. The summed E-state index contributed by atoms with van der Waals surface area (Å²) < 4.78 is 26.2. The SMILES string of the molecule is C=C(C)C(=O)OCCN(Cc1cc(CN(CCO)c2ccc(/C=C(/C#N)C(=O)OCC)cc2)cc(CN(CCOC(=O)C(=C)C)c2ccc(/C=C(/C#N)C(=O)OCC)cc2)c1)c1ccc(/C=C(/C#N)C(=O)OCC)cc1. The van der Waals surface area contributed by atoms with Crippen molar-refractivity contribution in [2.75, 3.05) is 74.0 Å². The lowest BCUT2D eigenvalue weighted by Crippen LogP contribution is -2.30. The fourth-order valence-electron chi connectivity index (χ4n) is 7.42. The zero-order chi connectivity index (χ0) is 55.6. The first-order chi connectivity index (χ1) is 36.6. The lowest BCUT2D eigenvalue weighted by molar-refractivity contribution is -0.139. The molecule has 0 saturated heterocycles. The molecule has 394 valence electrons. The molecule has 17 nitrogen and oxygen atoms in total. The number of aliphatic hydroxyl groups is 1. The van der Waals surface area contributed by atoms with Crippen LogP contribution in [-0.4, -0.2) is 94.2 Å². The van der Waals surface area contributed by atoms with Crippen molar-refractivity contribution in [3.05, 3.63) is 165 Å². The molecule has 0 fully saturated rings. The number of esters is 5. The van der Waals surface area contributed by atoms with Gasteiger partial charge in [-0.1, -0.05) is 67.8 Å². The molecule has 0 radical (unpaired) electrons. The van der Waals surface area contributed by atoms with Gasteiger partial charge >= 0.3 is 29.8 Å². The summed E-state index contributed by atoms with van der Waals surface area (Å²) in [5, 5.41) is 39.3. The Morgan fingerprint density at radius 1 is 0.474 bits per heavy atom. The van der Waals surface area contributed by atoms with Gasteiger partial charge in [-0.3, -0.25) is 0 Å². The van der Waals surface area contributed by atoms with Crippen molar-refractivity contribution in [1.29, 1.82) is 15.8 Å². The fourth-order valence-corrected chi connectivity index (χ4v) is 7.42. The minimum atomic E-state index is -0.738. The van der Waals surface area contributed by atoms with E-state index in [4.69, 9.17) is 23.7 Å². The van der Waals surface area contributed by atoms with Gasteiger partial charge in [0.2, 0.25) is 0 Å². The van der Waals surface area contributed by atoms with Gasteiger partial charge in [-0.05, 0) is 123 Å². The van der Waals surface area contributed by atoms with E-state index in [1.54, 1.807) is 71.0 Å². The number of rotatable bonds is 28. The summed E-state index contributed by atoms with van der Waals surface area (Å²) in [5.41, 5.74) is 6.45. The van der Waals surface area contributed by atoms with E-state index in [1.165, 1.54) is 18.2 Å². The van der Waals surface area contributed by atoms with E-state index in [-0.39, 0.29) is 100 Å². The van der Waals surface area contributed by atoms with Crippen LogP contribution in [0, 0.1) is 34.0 Å². The van der Waals surface area contributed by atoms with E-state index >= 15 is 0 Å². The molecular formula is C59H62N6O11. The van der Waals surface area contributed by atoms with Crippen LogP contribution in [0.15, 0.2) is 132 Å². The Morgan fingerprint density at radius 2 is 0.750 bits per heavy atom. The van der Waals surface area contributed by atoms with E-state index in [0.29, 0.717) is 23.2 Å². The topological polar surface area (TPSA) is 233 Å². The van der Waals surface area contributed by atoms with Crippen molar-refractivity contribution in [3.8, 4) is 18.2 Å². The van der Waals surface area contributed by atoms with Gasteiger partial charge in [0.25, 0.3) is 0 Å². The first-order valence-electron chi connectivity index (χ1n) is 24.4. The van der Waals surface area contributed by atoms with Crippen molar-refractivity contribution >= 4 is 65.1 Å². The lowest BCUT2D eigenvalue weighted by Gasteiger charge is -2.29. The number of aliphatic hydroxyl groups excluding tert-OH is 1. The van der Waals surface area contributed by atoms with E-state index in [1.807, 2.05) is 87.5 Å². The molecule has 4 aromatic carbocycles. The Kier molecular flexibility index (Phi) is 24.0. The minimum absolute atomic E-state index is 0.00393. The van der Waals surface area contributed by atoms with Crippen molar-refractivity contribution in [1.82, 2.24) is 0 Å². The summed E-state index contributed by atoms with van der Waals surface area (Å²) >= 11 is 0. The molecule has 4 aromatic rings. The second kappa shape index (κ2) is 30.7. The third-order valence-electron chi connectivity index (χ3n) is 11.0. The predicted molar refractivity (Wildman–Crippen MR) is 288 cm³/mol. The van der Waals surface area contributed by atoms with Crippen molar-refractivity contribution < 1.29 is 52.8 Å². The quantitative estimate of drug-likeness (QED) is 0.0244. The Hall–Kier alpha value is -9.24. The third kappa shape index (κ3) is 18.7.